The molecule has 0 saturated heterocycles. The molecular weight excluding hydrogens is 156 g/mol. The molecule has 0 aliphatic rings. The molecule has 11 heavy (non-hydrogen) atoms. The quantitative estimate of drug-likeness (QED) is 0.215. The molecule has 0 aliphatic carbocycles. The van der Waals surface area contributed by atoms with Crippen LogP contribution in [-0.2, 0) is 4.79 Å². The van der Waals surface area contributed by atoms with Crippen LogP contribution in [0.2, 0.25) is 0 Å². The Bertz CT molecular complexity index is 153. The molecule has 0 spiro atoms. The van der Waals surface area contributed by atoms with Gasteiger partial charge < -0.3 is 25.5 Å². The molecule has 66 valence electrons. The Labute approximate surface area is 63.8 Å². The van der Waals surface area contributed by atoms with Gasteiger partial charge in [-0.3, -0.25) is 4.79 Å². The first kappa shape index (κ1) is 8.57. The Morgan fingerprint density at radius 2 is 2.18 bits per heavy atom. The number of carbonyl (C=O) groups is 1. The average Bonchev–Trinajstić information content (AvgIpc) is 2.14. The van der Waals surface area contributed by atoms with Crippen LogP contribution >= 0.6 is 0 Å². The monoisotopic (exact) mass is 167 g/mol. The highest BCUT2D eigenvalue weighted by Gasteiger charge is 2.37. The molecule has 0 heterocycles. The summed E-state index contributed by atoms with van der Waals surface area (Å²) in [7, 11) is 0. The van der Waals surface area contributed by atoms with E-state index in [2.05, 4.69) is 5.11 Å². The van der Waals surface area contributed by atoms with Crippen molar-refractivity contribution in [1.29, 1.82) is 1.43 Å². The van der Waals surface area contributed by atoms with Crippen molar-refractivity contribution in [3.05, 3.63) is 0 Å². The van der Waals surface area contributed by atoms with Crippen molar-refractivity contribution in [2.24, 2.45) is 0 Å². The largest absolute Gasteiger partial charge is 0.394 e. The molecule has 0 aromatic heterocycles. The Morgan fingerprint density at radius 3 is 2.45 bits per heavy atom. The lowest BCUT2D eigenvalue weighted by molar-refractivity contribution is -0.230. The molecular formula is C5H10O6. The highest BCUT2D eigenvalue weighted by Crippen LogP contribution is 2.06. The summed E-state index contributed by atoms with van der Waals surface area (Å²) in [5, 5.41) is 38.3. The van der Waals surface area contributed by atoms with Crippen LogP contribution < -0.4 is 0 Å². The van der Waals surface area contributed by atoms with E-state index in [0.717, 1.165) is 0 Å². The maximum absolute atomic E-state index is 10.1. The first-order chi connectivity index (χ1) is 5.51. The van der Waals surface area contributed by atoms with Gasteiger partial charge in [0.25, 0.3) is 5.79 Å². The van der Waals surface area contributed by atoms with Crippen molar-refractivity contribution in [3.8, 4) is 0 Å². The van der Waals surface area contributed by atoms with E-state index in [1.54, 1.807) is 0 Å². The normalized spacial score (nSPS) is 23.1. The van der Waals surface area contributed by atoms with Crippen molar-refractivity contribution in [2.75, 3.05) is 6.61 Å². The minimum absolute atomic E-state index is 0.246. The second-order valence-electron chi connectivity index (χ2n) is 2.06. The van der Waals surface area contributed by atoms with Gasteiger partial charge in [-0.2, -0.15) is 0 Å². The van der Waals surface area contributed by atoms with E-state index >= 15 is 0 Å². The predicted octanol–water partition coefficient (Wildman–Crippen LogP) is -3.42. The molecule has 0 aromatic carbocycles. The first-order valence-electron chi connectivity index (χ1n) is 3.22. The Balaban J connectivity index is 4.40. The van der Waals surface area contributed by atoms with Gasteiger partial charge in [-0.1, -0.05) is 0 Å². The number of aliphatic hydroxyl groups excluding tert-OH is 3. The summed E-state index contributed by atoms with van der Waals surface area (Å²) in [6.45, 7) is -0.860. The number of aliphatic hydroxyl groups is 5. The maximum atomic E-state index is 10.1. The van der Waals surface area contributed by atoms with Gasteiger partial charge in [0.15, 0.2) is 6.29 Å². The molecule has 0 radical (unpaired) electrons. The van der Waals surface area contributed by atoms with E-state index in [1.807, 2.05) is 0 Å². The zero-order chi connectivity index (χ0) is 9.78. The van der Waals surface area contributed by atoms with E-state index in [9.17, 15) is 4.79 Å². The SMILES string of the molecule is [2H]O[C@](O)(C=O)[C@H](O)[C@H](O)CO. The molecule has 0 aromatic rings. The third-order valence-electron chi connectivity index (χ3n) is 1.14. The van der Waals surface area contributed by atoms with Crippen LogP contribution in [-0.4, -0.2) is 57.9 Å². The maximum Gasteiger partial charge on any atom is 0.250 e. The Kier molecular flexibility index (Phi) is 2.92. The molecule has 6 nitrogen and oxygen atoms in total. The van der Waals surface area contributed by atoms with Gasteiger partial charge in [-0.05, 0) is 0 Å². The third kappa shape index (κ3) is 2.52. The number of rotatable bonds is 5. The minimum Gasteiger partial charge on any atom is -0.394 e. The topological polar surface area (TPSA) is 118 Å². The first-order valence-corrected chi connectivity index (χ1v) is 2.81. The van der Waals surface area contributed by atoms with Crippen molar-refractivity contribution < 1.29 is 30.3 Å². The van der Waals surface area contributed by atoms with E-state index in [-0.39, 0.29) is 6.29 Å². The molecule has 0 bridgehead atoms. The van der Waals surface area contributed by atoms with E-state index in [4.69, 9.17) is 21.9 Å². The van der Waals surface area contributed by atoms with E-state index in [1.165, 1.54) is 0 Å². The molecule has 3 atom stereocenters. The highest BCUT2D eigenvalue weighted by molar-refractivity contribution is 5.60. The summed E-state index contributed by atoms with van der Waals surface area (Å²) in [5.74, 6) is -2.80. The van der Waals surface area contributed by atoms with Gasteiger partial charge >= 0.3 is 0 Å². The summed E-state index contributed by atoms with van der Waals surface area (Å²) in [4.78, 5) is 10.1. The van der Waals surface area contributed by atoms with Crippen molar-refractivity contribution in [3.63, 3.8) is 0 Å². The van der Waals surface area contributed by atoms with Gasteiger partial charge in [0, 0.05) is 0 Å². The molecule has 0 unspecified atom stereocenters. The van der Waals surface area contributed by atoms with E-state index in [0.29, 0.717) is 0 Å². The van der Waals surface area contributed by atoms with Gasteiger partial charge in [0.1, 0.15) is 12.2 Å². The summed E-state index contributed by atoms with van der Waals surface area (Å²) in [5.41, 5.74) is 0. The van der Waals surface area contributed by atoms with Crippen molar-refractivity contribution in [2.45, 2.75) is 18.0 Å². The predicted molar refractivity (Wildman–Crippen MR) is 32.3 cm³/mol. The summed E-state index contributed by atoms with van der Waals surface area (Å²) >= 11 is 0. The van der Waals surface area contributed by atoms with Gasteiger partial charge in [-0.15, -0.1) is 0 Å². The number of aldehydes is 1. The fourth-order valence-corrected chi connectivity index (χ4v) is 0.445. The molecule has 0 amide bonds. The lowest BCUT2D eigenvalue weighted by Crippen LogP contribution is -2.51. The Hall–Kier alpha value is -0.530. The van der Waals surface area contributed by atoms with Gasteiger partial charge in [-0.25, -0.2) is 0 Å². The van der Waals surface area contributed by atoms with Gasteiger partial charge in [0.05, 0.1) is 6.61 Å². The fourth-order valence-electron chi connectivity index (χ4n) is 0.445. The second kappa shape index (κ2) is 3.74. The summed E-state index contributed by atoms with van der Waals surface area (Å²) in [6.07, 6.45) is -4.05. The van der Waals surface area contributed by atoms with Gasteiger partial charge in [0.2, 0.25) is 1.43 Å². The number of hydrogen-bond acceptors (Lipinski definition) is 6. The summed E-state index contributed by atoms with van der Waals surface area (Å²) < 4.78 is 6.22. The smallest absolute Gasteiger partial charge is 0.250 e. The van der Waals surface area contributed by atoms with Crippen LogP contribution in [0, 0.1) is 0 Å². The molecule has 0 aliphatic heterocycles. The van der Waals surface area contributed by atoms with Crippen molar-refractivity contribution >= 4 is 6.29 Å². The fraction of sp³-hybridized carbons (Fsp3) is 0.800. The highest BCUT2D eigenvalue weighted by atomic mass is 16.5. The lowest BCUT2D eigenvalue weighted by Gasteiger charge is -2.24. The molecule has 6 heteroatoms. The molecule has 5 N–H and O–H groups in total. The van der Waals surface area contributed by atoms with Crippen LogP contribution in [0.1, 0.15) is 0 Å². The van der Waals surface area contributed by atoms with Crippen LogP contribution in [0.15, 0.2) is 0 Å². The zero-order valence-electron chi connectivity index (χ0n) is 6.54. The molecule has 0 saturated carbocycles. The third-order valence-corrected chi connectivity index (χ3v) is 1.14. The van der Waals surface area contributed by atoms with Crippen molar-refractivity contribution in [1.82, 2.24) is 0 Å². The van der Waals surface area contributed by atoms with E-state index < -0.39 is 24.6 Å². The Morgan fingerprint density at radius 1 is 1.64 bits per heavy atom. The van der Waals surface area contributed by atoms with Crippen LogP contribution in [0.5, 0.6) is 0 Å². The van der Waals surface area contributed by atoms with Crippen LogP contribution in [0.3, 0.4) is 0 Å². The zero-order valence-corrected chi connectivity index (χ0v) is 5.54. The average molecular weight is 167 g/mol. The number of hydrogen-bond donors (Lipinski definition) is 5. The van der Waals surface area contributed by atoms with Crippen LogP contribution in [0.4, 0.5) is 0 Å². The summed E-state index contributed by atoms with van der Waals surface area (Å²) in [6, 6.07) is 0. The van der Waals surface area contributed by atoms with Crippen LogP contribution in [0.25, 0.3) is 0 Å². The minimum atomic E-state index is -2.80. The standard InChI is InChI=1S/C5H10O6/c6-1-3(8)4(9)5(10,11)2-7/h2-4,6,8-11H,1H2/t3-,4-/m1/s1/i10D/t3-,4-,5+. The molecule has 0 fully saturated rings. The molecule has 0 rings (SSSR count). The lowest BCUT2D eigenvalue weighted by atomic mass is 10.1. The second-order valence-corrected chi connectivity index (χ2v) is 2.06. The number of carbonyl (C=O) groups excluding carboxylic acids is 1.